The van der Waals surface area contributed by atoms with Crippen molar-refractivity contribution in [1.82, 2.24) is 0 Å². The highest BCUT2D eigenvalue weighted by molar-refractivity contribution is 5.26. The molecule has 0 aromatic heterocycles. The molecule has 0 aromatic rings. The van der Waals surface area contributed by atoms with E-state index in [-0.39, 0.29) is 0 Å². The van der Waals surface area contributed by atoms with Crippen molar-refractivity contribution >= 4 is 0 Å². The smallest absolute Gasteiger partial charge is 0.0113 e. The van der Waals surface area contributed by atoms with Crippen molar-refractivity contribution in [3.05, 3.63) is 22.8 Å². The van der Waals surface area contributed by atoms with E-state index in [9.17, 15) is 0 Å². The first-order valence-electron chi connectivity index (χ1n) is 8.68. The first kappa shape index (κ1) is 14.4. The van der Waals surface area contributed by atoms with Crippen molar-refractivity contribution in [2.24, 2.45) is 22.7 Å². The van der Waals surface area contributed by atoms with Crippen molar-refractivity contribution in [2.75, 3.05) is 0 Å². The molecule has 0 aromatic carbocycles. The van der Waals surface area contributed by atoms with Crippen molar-refractivity contribution in [2.45, 2.75) is 79.6 Å². The lowest BCUT2D eigenvalue weighted by Crippen LogP contribution is -2.44. The maximum absolute atomic E-state index is 2.60. The first-order chi connectivity index (χ1) is 9.36. The summed E-state index contributed by atoms with van der Waals surface area (Å²) in [7, 11) is 0. The summed E-state index contributed by atoms with van der Waals surface area (Å²) in [4.78, 5) is 0. The van der Waals surface area contributed by atoms with Crippen LogP contribution in [-0.4, -0.2) is 0 Å². The molecule has 0 heteroatoms. The van der Waals surface area contributed by atoms with E-state index < -0.39 is 0 Å². The predicted molar refractivity (Wildman–Crippen MR) is 87.6 cm³/mol. The Morgan fingerprint density at radius 3 is 2.45 bits per heavy atom. The third-order valence-electron chi connectivity index (χ3n) is 7.07. The maximum atomic E-state index is 2.60. The fraction of sp³-hybridized carbons (Fsp3) is 0.800. The van der Waals surface area contributed by atoms with Gasteiger partial charge in [-0.05, 0) is 88.4 Å². The molecule has 3 aliphatic rings. The Morgan fingerprint density at radius 1 is 1.05 bits per heavy atom. The molecular weight excluding hydrogens is 240 g/mol. The molecule has 3 aliphatic carbocycles. The molecule has 0 heterocycles. The minimum absolute atomic E-state index is 0.562. The van der Waals surface area contributed by atoms with Crippen molar-refractivity contribution in [1.29, 1.82) is 0 Å². The van der Waals surface area contributed by atoms with E-state index in [0.717, 1.165) is 11.8 Å². The predicted octanol–water partition coefficient (Wildman–Crippen LogP) is 6.29. The van der Waals surface area contributed by atoms with Gasteiger partial charge in [0, 0.05) is 0 Å². The Labute approximate surface area is 125 Å². The zero-order valence-corrected chi connectivity index (χ0v) is 14.2. The summed E-state index contributed by atoms with van der Waals surface area (Å²) >= 11 is 0. The molecule has 0 bridgehead atoms. The molecule has 0 amide bonds. The molecule has 4 unspecified atom stereocenters. The largest absolute Gasteiger partial charge is 0.0851 e. The summed E-state index contributed by atoms with van der Waals surface area (Å²) < 4.78 is 0. The van der Waals surface area contributed by atoms with E-state index in [2.05, 4.69) is 40.7 Å². The third kappa shape index (κ3) is 2.11. The van der Waals surface area contributed by atoms with Gasteiger partial charge in [0.15, 0.2) is 0 Å². The first-order valence-corrected chi connectivity index (χ1v) is 8.68. The molecule has 2 fully saturated rings. The average molecular weight is 272 g/mol. The van der Waals surface area contributed by atoms with Crippen molar-refractivity contribution in [3.8, 4) is 0 Å². The minimum atomic E-state index is 0.562. The minimum Gasteiger partial charge on any atom is -0.0851 e. The lowest BCUT2D eigenvalue weighted by atomic mass is 9.52. The van der Waals surface area contributed by atoms with Crippen molar-refractivity contribution in [3.63, 3.8) is 0 Å². The summed E-state index contributed by atoms with van der Waals surface area (Å²) in [5, 5.41) is 0. The fourth-order valence-corrected chi connectivity index (χ4v) is 5.54. The Balaban J connectivity index is 2.01. The van der Waals surface area contributed by atoms with E-state index in [1.807, 2.05) is 5.57 Å². The molecular formula is C20H32. The Morgan fingerprint density at radius 2 is 1.75 bits per heavy atom. The molecule has 0 aliphatic heterocycles. The van der Waals surface area contributed by atoms with Crippen LogP contribution in [0.25, 0.3) is 0 Å². The van der Waals surface area contributed by atoms with Gasteiger partial charge in [0.1, 0.15) is 0 Å². The Kier molecular flexibility index (Phi) is 3.42. The van der Waals surface area contributed by atoms with Gasteiger partial charge in [-0.25, -0.2) is 0 Å². The van der Waals surface area contributed by atoms with E-state index in [0.29, 0.717) is 10.8 Å². The molecule has 0 nitrogen and oxygen atoms in total. The second-order valence-electron chi connectivity index (χ2n) is 8.71. The molecule has 0 radical (unpaired) electrons. The topological polar surface area (TPSA) is 0 Å². The summed E-state index contributed by atoms with van der Waals surface area (Å²) in [6.07, 6.45) is 12.4. The molecule has 112 valence electrons. The molecule has 0 spiro atoms. The summed E-state index contributed by atoms with van der Waals surface area (Å²) in [5.74, 6) is 1.80. The summed E-state index contributed by atoms with van der Waals surface area (Å²) in [6, 6.07) is 0. The van der Waals surface area contributed by atoms with Crippen LogP contribution < -0.4 is 0 Å². The zero-order chi connectivity index (χ0) is 14.5. The standard InChI is InChI=1S/C20H32/c1-14(2)16-9-11-20(5)13-12-19(4)10-8-15(3)6-7-17(19)18(16)20/h8,17-18H,6-7,9-13H2,1-5H3. The van der Waals surface area contributed by atoms with Crippen LogP contribution in [0.1, 0.15) is 79.6 Å². The number of allylic oxidation sites excluding steroid dienone is 4. The highest BCUT2D eigenvalue weighted by Crippen LogP contribution is 2.64. The van der Waals surface area contributed by atoms with E-state index in [4.69, 9.17) is 0 Å². The van der Waals surface area contributed by atoms with Crippen LogP contribution in [0.5, 0.6) is 0 Å². The molecule has 4 atom stereocenters. The van der Waals surface area contributed by atoms with Gasteiger partial charge >= 0.3 is 0 Å². The van der Waals surface area contributed by atoms with Gasteiger partial charge in [-0.1, -0.05) is 36.6 Å². The molecule has 20 heavy (non-hydrogen) atoms. The van der Waals surface area contributed by atoms with Gasteiger partial charge in [0.05, 0.1) is 0 Å². The van der Waals surface area contributed by atoms with Gasteiger partial charge in [0.2, 0.25) is 0 Å². The van der Waals surface area contributed by atoms with Gasteiger partial charge in [0.25, 0.3) is 0 Å². The highest BCUT2D eigenvalue weighted by Gasteiger charge is 2.54. The van der Waals surface area contributed by atoms with Crippen LogP contribution in [0.4, 0.5) is 0 Å². The lowest BCUT2D eigenvalue weighted by Gasteiger charge is -2.52. The van der Waals surface area contributed by atoms with Gasteiger partial charge in [-0.3, -0.25) is 0 Å². The summed E-state index contributed by atoms with van der Waals surface area (Å²) in [6.45, 7) is 12.2. The number of rotatable bonds is 0. The average Bonchev–Trinajstić information content (AvgIpc) is 2.66. The van der Waals surface area contributed by atoms with Crippen LogP contribution in [0.3, 0.4) is 0 Å². The number of hydrogen-bond acceptors (Lipinski definition) is 0. The zero-order valence-electron chi connectivity index (χ0n) is 14.2. The van der Waals surface area contributed by atoms with E-state index in [1.165, 1.54) is 44.9 Å². The normalized spacial score (nSPS) is 44.5. The van der Waals surface area contributed by atoms with E-state index in [1.54, 1.807) is 11.1 Å². The molecule has 0 N–H and O–H groups in total. The molecule has 3 rings (SSSR count). The number of hydrogen-bond donors (Lipinski definition) is 0. The highest BCUT2D eigenvalue weighted by atomic mass is 14.6. The van der Waals surface area contributed by atoms with Gasteiger partial charge < -0.3 is 0 Å². The second kappa shape index (κ2) is 4.75. The van der Waals surface area contributed by atoms with Gasteiger partial charge in [-0.15, -0.1) is 0 Å². The maximum Gasteiger partial charge on any atom is -0.0113 e. The van der Waals surface area contributed by atoms with Crippen molar-refractivity contribution < 1.29 is 0 Å². The SMILES string of the molecule is CC1=CCC2(C)CCC3(C)CCC(=C(C)C)C3C2CC1. The van der Waals surface area contributed by atoms with Crippen LogP contribution in [-0.2, 0) is 0 Å². The van der Waals surface area contributed by atoms with E-state index >= 15 is 0 Å². The second-order valence-corrected chi connectivity index (χ2v) is 8.71. The third-order valence-corrected chi connectivity index (χ3v) is 7.07. The lowest BCUT2D eigenvalue weighted by molar-refractivity contribution is -0.00684. The van der Waals surface area contributed by atoms with Crippen LogP contribution >= 0.6 is 0 Å². The Bertz CT molecular complexity index is 462. The van der Waals surface area contributed by atoms with Gasteiger partial charge in [-0.2, -0.15) is 0 Å². The molecule has 0 saturated heterocycles. The van der Waals surface area contributed by atoms with Crippen LogP contribution in [0, 0.1) is 22.7 Å². The number of fused-ring (bicyclic) bond motifs is 3. The quantitative estimate of drug-likeness (QED) is 0.455. The summed E-state index contributed by atoms with van der Waals surface area (Å²) in [5.41, 5.74) is 6.26. The Hall–Kier alpha value is -0.520. The molecule has 2 saturated carbocycles. The fourth-order valence-electron chi connectivity index (χ4n) is 5.54. The van der Waals surface area contributed by atoms with Crippen LogP contribution in [0.15, 0.2) is 22.8 Å². The van der Waals surface area contributed by atoms with Crippen LogP contribution in [0.2, 0.25) is 0 Å². The monoisotopic (exact) mass is 272 g/mol.